The third kappa shape index (κ3) is 74.9. The highest BCUT2D eigenvalue weighted by atomic mass is 31.2. The van der Waals surface area contributed by atoms with Crippen LogP contribution in [0, 0.1) is 11.8 Å². The van der Waals surface area contributed by atoms with Gasteiger partial charge in [-0.05, 0) is 37.5 Å². The van der Waals surface area contributed by atoms with Gasteiger partial charge in [0.2, 0.25) is 0 Å². The molecule has 6 atom stereocenters. The fraction of sp³-hybridized carbons (Fsp3) is 0.952. The van der Waals surface area contributed by atoms with Crippen LogP contribution in [0.2, 0.25) is 0 Å². The Morgan fingerprint density at radius 2 is 0.500 bits per heavy atom. The van der Waals surface area contributed by atoms with Crippen molar-refractivity contribution in [2.75, 3.05) is 39.6 Å². The predicted molar refractivity (Wildman–Crippen MR) is 418 cm³/mol. The van der Waals surface area contributed by atoms with E-state index in [2.05, 4.69) is 41.5 Å². The Bertz CT molecular complexity index is 1960. The first-order chi connectivity index (χ1) is 49.4. The summed E-state index contributed by atoms with van der Waals surface area (Å²) in [5, 5.41) is 10.7. The summed E-state index contributed by atoms with van der Waals surface area (Å²) >= 11 is 0. The standard InChI is InChI=1S/C83H162O17P2/c1-7-10-12-14-16-18-20-21-22-25-32-37-43-49-55-61-67-82(87)99-78(71-93-80(85)65-59-53-47-41-19-17-15-13-11-8-2)73-97-101(89,90)95-69-77(84)70-96-102(91,92)98-74-79(100-83(88)68-62-56-50-44-38-33-26-23-24-29-34-39-45-51-57-63-75(4)5)72-94-81(86)66-60-54-48-42-36-31-28-27-30-35-40-46-52-58-64-76(6)9-3/h75-79,84H,7-74H2,1-6H3,(H,89,90)(H,91,92)/t76?,77-,78+,79+/m0/s1. The summed E-state index contributed by atoms with van der Waals surface area (Å²) in [5.74, 6) is -0.452. The monoisotopic (exact) mass is 1490 g/mol. The van der Waals surface area contributed by atoms with Crippen LogP contribution in [-0.2, 0) is 65.4 Å². The average Bonchev–Trinajstić information content (AvgIpc) is 0.912. The minimum absolute atomic E-state index is 0.108. The number of hydrogen-bond donors (Lipinski definition) is 3. The summed E-state index contributed by atoms with van der Waals surface area (Å²) in [7, 11) is -9.92. The van der Waals surface area contributed by atoms with E-state index in [1.165, 1.54) is 257 Å². The normalized spacial score (nSPS) is 14.1. The first-order valence-corrected chi connectivity index (χ1v) is 46.0. The zero-order valence-corrected chi connectivity index (χ0v) is 68.7. The van der Waals surface area contributed by atoms with Crippen LogP contribution in [0.1, 0.15) is 440 Å². The SMILES string of the molecule is CCCCCCCCCCCCCCCCCCC(=O)O[C@H](COC(=O)CCCCCCCCCCCC)COP(=O)(O)OC[C@H](O)COP(=O)(O)OC[C@@H](COC(=O)CCCCCCCCCCCCCCCCC(C)CC)OC(=O)CCCCCCCCCCCCCCCCCC(C)C. The molecule has 0 spiro atoms. The average molecular weight is 1490 g/mol. The fourth-order valence-corrected chi connectivity index (χ4v) is 14.4. The first kappa shape index (κ1) is 100. The van der Waals surface area contributed by atoms with Crippen molar-refractivity contribution in [1.29, 1.82) is 0 Å². The van der Waals surface area contributed by atoms with E-state index >= 15 is 0 Å². The molecule has 19 heteroatoms. The van der Waals surface area contributed by atoms with E-state index < -0.39 is 97.5 Å². The Morgan fingerprint density at radius 1 is 0.284 bits per heavy atom. The smallest absolute Gasteiger partial charge is 0.462 e. The Balaban J connectivity index is 5.24. The molecule has 0 heterocycles. The Hall–Kier alpha value is -1.94. The van der Waals surface area contributed by atoms with Crippen LogP contribution in [0.15, 0.2) is 0 Å². The van der Waals surface area contributed by atoms with Gasteiger partial charge in [-0.1, -0.05) is 388 Å². The van der Waals surface area contributed by atoms with Gasteiger partial charge in [0.1, 0.15) is 19.3 Å². The van der Waals surface area contributed by atoms with E-state index in [9.17, 15) is 43.2 Å². The Kier molecular flexibility index (Phi) is 73.1. The number of phosphoric ester groups is 2. The van der Waals surface area contributed by atoms with Gasteiger partial charge < -0.3 is 33.8 Å². The molecule has 606 valence electrons. The van der Waals surface area contributed by atoms with Crippen LogP contribution in [-0.4, -0.2) is 96.7 Å². The molecule has 0 amide bonds. The van der Waals surface area contributed by atoms with Gasteiger partial charge in [0, 0.05) is 25.7 Å². The molecule has 0 aliphatic rings. The molecule has 3 unspecified atom stereocenters. The number of hydrogen-bond acceptors (Lipinski definition) is 15. The number of unbranched alkanes of at least 4 members (excludes halogenated alkanes) is 51. The highest BCUT2D eigenvalue weighted by Gasteiger charge is 2.30. The fourth-order valence-electron chi connectivity index (χ4n) is 12.9. The molecule has 0 aromatic rings. The van der Waals surface area contributed by atoms with Gasteiger partial charge in [-0.25, -0.2) is 9.13 Å². The summed E-state index contributed by atoms with van der Waals surface area (Å²) in [4.78, 5) is 73.1. The second-order valence-corrected chi connectivity index (χ2v) is 33.5. The number of aliphatic hydroxyl groups is 1. The van der Waals surface area contributed by atoms with Gasteiger partial charge in [-0.2, -0.15) is 0 Å². The van der Waals surface area contributed by atoms with Crippen molar-refractivity contribution >= 4 is 39.5 Å². The van der Waals surface area contributed by atoms with Crippen molar-refractivity contribution in [2.45, 2.75) is 458 Å². The van der Waals surface area contributed by atoms with Crippen molar-refractivity contribution in [3.05, 3.63) is 0 Å². The van der Waals surface area contributed by atoms with E-state index in [1.54, 1.807) is 0 Å². The van der Waals surface area contributed by atoms with Gasteiger partial charge in [0.05, 0.1) is 26.4 Å². The lowest BCUT2D eigenvalue weighted by Crippen LogP contribution is -2.30. The van der Waals surface area contributed by atoms with Crippen molar-refractivity contribution < 1.29 is 80.2 Å². The predicted octanol–water partition coefficient (Wildman–Crippen LogP) is 25.1. The molecule has 0 saturated carbocycles. The second kappa shape index (κ2) is 74.5. The Morgan fingerprint density at radius 3 is 0.745 bits per heavy atom. The third-order valence-corrected chi connectivity index (χ3v) is 21.7. The van der Waals surface area contributed by atoms with Crippen LogP contribution in [0.4, 0.5) is 0 Å². The van der Waals surface area contributed by atoms with E-state index in [-0.39, 0.29) is 25.7 Å². The second-order valence-electron chi connectivity index (χ2n) is 30.6. The maximum atomic E-state index is 13.1. The lowest BCUT2D eigenvalue weighted by molar-refractivity contribution is -0.161. The number of aliphatic hydroxyl groups excluding tert-OH is 1. The Labute approximate surface area is 626 Å². The topological polar surface area (TPSA) is 237 Å². The molecule has 0 radical (unpaired) electrons. The van der Waals surface area contributed by atoms with Crippen molar-refractivity contribution in [1.82, 2.24) is 0 Å². The van der Waals surface area contributed by atoms with E-state index in [0.717, 1.165) is 102 Å². The maximum absolute atomic E-state index is 13.1. The van der Waals surface area contributed by atoms with Gasteiger partial charge in [0.25, 0.3) is 0 Å². The molecule has 0 aliphatic heterocycles. The van der Waals surface area contributed by atoms with E-state index in [4.69, 9.17) is 37.0 Å². The molecule has 0 saturated heterocycles. The van der Waals surface area contributed by atoms with Crippen molar-refractivity contribution in [2.24, 2.45) is 11.8 Å². The number of esters is 4. The van der Waals surface area contributed by atoms with Crippen LogP contribution in [0.25, 0.3) is 0 Å². The van der Waals surface area contributed by atoms with Gasteiger partial charge in [-0.15, -0.1) is 0 Å². The number of phosphoric acid groups is 2. The minimum atomic E-state index is -4.96. The summed E-state index contributed by atoms with van der Waals surface area (Å²) in [6.07, 6.45) is 65.0. The lowest BCUT2D eigenvalue weighted by atomic mass is 9.99. The molecule has 0 fully saturated rings. The van der Waals surface area contributed by atoms with Crippen LogP contribution in [0.5, 0.6) is 0 Å². The molecule has 0 bridgehead atoms. The van der Waals surface area contributed by atoms with E-state index in [1.807, 2.05) is 0 Å². The number of carbonyl (C=O) groups is 4. The van der Waals surface area contributed by atoms with Gasteiger partial charge in [-0.3, -0.25) is 37.3 Å². The molecule has 0 aromatic heterocycles. The lowest BCUT2D eigenvalue weighted by Gasteiger charge is -2.21. The summed E-state index contributed by atoms with van der Waals surface area (Å²) in [6, 6.07) is 0. The van der Waals surface area contributed by atoms with Crippen molar-refractivity contribution in [3.63, 3.8) is 0 Å². The molecule has 0 aromatic carbocycles. The van der Waals surface area contributed by atoms with Gasteiger partial charge >= 0.3 is 39.5 Å². The maximum Gasteiger partial charge on any atom is 0.472 e. The molecular weight excluding hydrogens is 1330 g/mol. The molecule has 0 rings (SSSR count). The quantitative estimate of drug-likeness (QED) is 0.0222. The summed E-state index contributed by atoms with van der Waals surface area (Å²) < 4.78 is 68.8. The zero-order valence-electron chi connectivity index (χ0n) is 66.9. The summed E-state index contributed by atoms with van der Waals surface area (Å²) in [6.45, 7) is 9.73. The van der Waals surface area contributed by atoms with Gasteiger partial charge in [0.15, 0.2) is 12.2 Å². The zero-order chi connectivity index (χ0) is 74.9. The van der Waals surface area contributed by atoms with Crippen molar-refractivity contribution in [3.8, 4) is 0 Å². The van der Waals surface area contributed by atoms with Crippen LogP contribution in [0.3, 0.4) is 0 Å². The highest BCUT2D eigenvalue weighted by Crippen LogP contribution is 2.45. The molecule has 0 aliphatic carbocycles. The van der Waals surface area contributed by atoms with Crippen LogP contribution >= 0.6 is 15.6 Å². The minimum Gasteiger partial charge on any atom is -0.462 e. The third-order valence-electron chi connectivity index (χ3n) is 19.8. The highest BCUT2D eigenvalue weighted by molar-refractivity contribution is 7.47. The number of ether oxygens (including phenoxy) is 4. The van der Waals surface area contributed by atoms with Crippen LogP contribution < -0.4 is 0 Å². The molecule has 17 nitrogen and oxygen atoms in total. The molecule has 3 N–H and O–H groups in total. The number of carbonyl (C=O) groups excluding carboxylic acids is 4. The van der Waals surface area contributed by atoms with E-state index in [0.29, 0.717) is 25.7 Å². The first-order valence-electron chi connectivity index (χ1n) is 43.0. The number of rotatable bonds is 82. The largest absolute Gasteiger partial charge is 0.472 e. The summed E-state index contributed by atoms with van der Waals surface area (Å²) in [5.41, 5.74) is 0. The molecular formula is C83H162O17P2. The molecule has 102 heavy (non-hydrogen) atoms.